The van der Waals surface area contributed by atoms with Crippen LogP contribution in [0.15, 0.2) is 18.2 Å². The van der Waals surface area contributed by atoms with Gasteiger partial charge in [-0.3, -0.25) is 4.79 Å². The van der Waals surface area contributed by atoms with Gasteiger partial charge in [-0.05, 0) is 26.0 Å². The third kappa shape index (κ3) is 2.64. The molecule has 0 bridgehead atoms. The average molecular weight is 225 g/mol. The molecule has 1 aromatic rings. The van der Waals surface area contributed by atoms with E-state index in [4.69, 9.17) is 15.6 Å². The minimum atomic E-state index is -1.30. The van der Waals surface area contributed by atoms with Gasteiger partial charge in [0.25, 0.3) is 0 Å². The maximum Gasteiger partial charge on any atom is 0.325 e. The first-order valence-electron chi connectivity index (χ1n) is 4.90. The van der Waals surface area contributed by atoms with Crippen molar-refractivity contribution in [3.8, 4) is 11.5 Å². The molecule has 88 valence electrons. The highest BCUT2D eigenvalue weighted by Gasteiger charge is 2.23. The van der Waals surface area contributed by atoms with E-state index in [1.165, 1.54) is 6.07 Å². The summed E-state index contributed by atoms with van der Waals surface area (Å²) in [5.74, 6) is -1.09. The van der Waals surface area contributed by atoms with E-state index in [9.17, 15) is 9.90 Å². The molecule has 1 aromatic carbocycles. The number of carbonyl (C=O) groups is 1. The van der Waals surface area contributed by atoms with E-state index in [1.54, 1.807) is 26.0 Å². The molecule has 0 fully saturated rings. The van der Waals surface area contributed by atoms with Gasteiger partial charge in [-0.15, -0.1) is 0 Å². The second kappa shape index (κ2) is 4.85. The van der Waals surface area contributed by atoms with Crippen LogP contribution < -0.4 is 10.5 Å². The Kier molecular flexibility index (Phi) is 3.73. The molecule has 0 aliphatic heterocycles. The number of rotatable bonds is 4. The van der Waals surface area contributed by atoms with E-state index in [0.29, 0.717) is 5.75 Å². The highest BCUT2D eigenvalue weighted by Crippen LogP contribution is 2.32. The van der Waals surface area contributed by atoms with Crippen LogP contribution in [0.1, 0.15) is 25.5 Å². The summed E-state index contributed by atoms with van der Waals surface area (Å²) in [5, 5.41) is 18.4. The molecule has 1 rings (SSSR count). The van der Waals surface area contributed by atoms with Gasteiger partial charge in [-0.1, -0.05) is 6.07 Å². The Hall–Kier alpha value is -1.75. The van der Waals surface area contributed by atoms with Crippen molar-refractivity contribution in [3.05, 3.63) is 23.8 Å². The molecular weight excluding hydrogens is 210 g/mol. The smallest absolute Gasteiger partial charge is 0.325 e. The molecule has 1 unspecified atom stereocenters. The van der Waals surface area contributed by atoms with Crippen LogP contribution in [0.5, 0.6) is 11.5 Å². The molecule has 5 nitrogen and oxygen atoms in total. The highest BCUT2D eigenvalue weighted by atomic mass is 16.5. The summed E-state index contributed by atoms with van der Waals surface area (Å²) in [5.41, 5.74) is 5.58. The van der Waals surface area contributed by atoms with Crippen molar-refractivity contribution in [2.45, 2.75) is 26.0 Å². The maximum absolute atomic E-state index is 10.8. The molecule has 0 saturated carbocycles. The molecule has 0 heterocycles. The Morgan fingerprint density at radius 1 is 1.44 bits per heavy atom. The zero-order chi connectivity index (χ0) is 12.3. The van der Waals surface area contributed by atoms with Gasteiger partial charge >= 0.3 is 5.97 Å². The average Bonchev–Trinajstić information content (AvgIpc) is 2.16. The van der Waals surface area contributed by atoms with Crippen molar-refractivity contribution in [2.24, 2.45) is 5.73 Å². The van der Waals surface area contributed by atoms with Gasteiger partial charge in [-0.2, -0.15) is 0 Å². The van der Waals surface area contributed by atoms with E-state index >= 15 is 0 Å². The number of hydrogen-bond donors (Lipinski definition) is 3. The molecule has 0 aliphatic rings. The number of nitrogens with two attached hydrogens (primary N) is 1. The molecule has 0 spiro atoms. The fourth-order valence-electron chi connectivity index (χ4n) is 1.33. The number of hydrogen-bond acceptors (Lipinski definition) is 4. The SMILES string of the molecule is CC(C)Oc1cccc(O)c1C(N)C(=O)O. The summed E-state index contributed by atoms with van der Waals surface area (Å²) in [4.78, 5) is 10.8. The van der Waals surface area contributed by atoms with Crippen molar-refractivity contribution < 1.29 is 19.7 Å². The lowest BCUT2D eigenvalue weighted by molar-refractivity contribution is -0.138. The molecule has 0 aromatic heterocycles. The van der Waals surface area contributed by atoms with Gasteiger partial charge in [0.1, 0.15) is 17.5 Å². The lowest BCUT2D eigenvalue weighted by Gasteiger charge is -2.17. The van der Waals surface area contributed by atoms with E-state index in [2.05, 4.69) is 0 Å². The second-order valence-corrected chi connectivity index (χ2v) is 3.67. The van der Waals surface area contributed by atoms with Gasteiger partial charge in [0.15, 0.2) is 0 Å². The summed E-state index contributed by atoms with van der Waals surface area (Å²) in [6, 6.07) is 3.24. The van der Waals surface area contributed by atoms with E-state index < -0.39 is 12.0 Å². The molecule has 5 heteroatoms. The molecule has 0 aliphatic carbocycles. The van der Waals surface area contributed by atoms with E-state index in [-0.39, 0.29) is 17.4 Å². The largest absolute Gasteiger partial charge is 0.507 e. The number of phenolic OH excluding ortho intramolecular Hbond substituents is 1. The van der Waals surface area contributed by atoms with Crippen molar-refractivity contribution in [3.63, 3.8) is 0 Å². The second-order valence-electron chi connectivity index (χ2n) is 3.67. The maximum atomic E-state index is 10.8. The van der Waals surface area contributed by atoms with Crippen molar-refractivity contribution >= 4 is 5.97 Å². The Bertz CT molecular complexity index is 390. The summed E-state index contributed by atoms with van der Waals surface area (Å²) in [6.07, 6.45) is -0.124. The van der Waals surface area contributed by atoms with Crippen molar-refractivity contribution in [1.82, 2.24) is 0 Å². The molecular formula is C11H15NO4. The Balaban J connectivity index is 3.17. The third-order valence-electron chi connectivity index (χ3n) is 1.98. The fourth-order valence-corrected chi connectivity index (χ4v) is 1.33. The minimum absolute atomic E-state index is 0.101. The normalized spacial score (nSPS) is 12.5. The summed E-state index contributed by atoms with van der Waals surface area (Å²) >= 11 is 0. The standard InChI is InChI=1S/C11H15NO4/c1-6(2)16-8-5-3-4-7(13)9(8)10(12)11(14)15/h3-6,10,13H,12H2,1-2H3,(H,14,15). The number of ether oxygens (including phenoxy) is 1. The summed E-state index contributed by atoms with van der Waals surface area (Å²) in [7, 11) is 0. The van der Waals surface area contributed by atoms with Crippen LogP contribution in [-0.4, -0.2) is 22.3 Å². The Morgan fingerprint density at radius 2 is 2.06 bits per heavy atom. The third-order valence-corrected chi connectivity index (χ3v) is 1.98. The number of aromatic hydroxyl groups is 1. The molecule has 4 N–H and O–H groups in total. The Morgan fingerprint density at radius 3 is 2.56 bits per heavy atom. The van der Waals surface area contributed by atoms with Crippen LogP contribution in [0, 0.1) is 0 Å². The molecule has 0 saturated heterocycles. The first-order chi connectivity index (χ1) is 7.43. The monoisotopic (exact) mass is 225 g/mol. The van der Waals surface area contributed by atoms with Crippen LogP contribution >= 0.6 is 0 Å². The minimum Gasteiger partial charge on any atom is -0.507 e. The summed E-state index contributed by atoms with van der Waals surface area (Å²) in [6.45, 7) is 3.61. The van der Waals surface area contributed by atoms with Gasteiger partial charge in [0.2, 0.25) is 0 Å². The molecule has 16 heavy (non-hydrogen) atoms. The van der Waals surface area contributed by atoms with Gasteiger partial charge in [0.05, 0.1) is 11.7 Å². The van der Waals surface area contributed by atoms with E-state index in [0.717, 1.165) is 0 Å². The van der Waals surface area contributed by atoms with Crippen LogP contribution in [0.25, 0.3) is 0 Å². The van der Waals surface area contributed by atoms with E-state index in [1.807, 2.05) is 0 Å². The van der Waals surface area contributed by atoms with Gasteiger partial charge in [-0.25, -0.2) is 0 Å². The zero-order valence-electron chi connectivity index (χ0n) is 9.18. The van der Waals surface area contributed by atoms with Crippen LogP contribution in [0.3, 0.4) is 0 Å². The number of benzene rings is 1. The van der Waals surface area contributed by atoms with Crippen molar-refractivity contribution in [2.75, 3.05) is 0 Å². The number of phenols is 1. The lowest BCUT2D eigenvalue weighted by Crippen LogP contribution is -2.22. The first kappa shape index (κ1) is 12.3. The van der Waals surface area contributed by atoms with Gasteiger partial charge < -0.3 is 20.7 Å². The Labute approximate surface area is 93.5 Å². The first-order valence-corrected chi connectivity index (χ1v) is 4.90. The highest BCUT2D eigenvalue weighted by molar-refractivity contribution is 5.77. The fraction of sp³-hybridized carbons (Fsp3) is 0.364. The summed E-state index contributed by atoms with van der Waals surface area (Å²) < 4.78 is 5.39. The quantitative estimate of drug-likeness (QED) is 0.717. The predicted octanol–water partition coefficient (Wildman–Crippen LogP) is 1.26. The number of carboxylic acid groups (broad SMARTS) is 1. The topological polar surface area (TPSA) is 92.8 Å². The van der Waals surface area contributed by atoms with Crippen LogP contribution in [0.2, 0.25) is 0 Å². The number of carboxylic acids is 1. The zero-order valence-corrected chi connectivity index (χ0v) is 9.18. The van der Waals surface area contributed by atoms with Gasteiger partial charge in [0, 0.05) is 0 Å². The molecule has 1 atom stereocenters. The van der Waals surface area contributed by atoms with Crippen LogP contribution in [0.4, 0.5) is 0 Å². The predicted molar refractivity (Wildman–Crippen MR) is 58.4 cm³/mol. The lowest BCUT2D eigenvalue weighted by atomic mass is 10.1. The molecule has 0 amide bonds. The van der Waals surface area contributed by atoms with Crippen molar-refractivity contribution in [1.29, 1.82) is 0 Å². The number of aliphatic carboxylic acids is 1. The molecule has 0 radical (unpaired) electrons. The van der Waals surface area contributed by atoms with Crippen LogP contribution in [-0.2, 0) is 4.79 Å².